The summed E-state index contributed by atoms with van der Waals surface area (Å²) in [4.78, 5) is 27.8. The molecule has 1 aliphatic carbocycles. The summed E-state index contributed by atoms with van der Waals surface area (Å²) < 4.78 is 10.7. The van der Waals surface area contributed by atoms with Crippen molar-refractivity contribution in [2.75, 3.05) is 20.8 Å². The number of methoxy groups -OCH3 is 2. The number of carbonyl (C=O) groups excluding carboxylic acids is 2. The molecule has 0 bridgehead atoms. The Hall–Kier alpha value is -3.02. The normalized spacial score (nSPS) is 19.6. The van der Waals surface area contributed by atoms with E-state index in [2.05, 4.69) is 17.4 Å². The van der Waals surface area contributed by atoms with Crippen LogP contribution in [0.25, 0.3) is 0 Å². The van der Waals surface area contributed by atoms with Crippen LogP contribution < -0.4 is 14.8 Å². The molecule has 2 aliphatic rings. The number of carbonyl (C=O) groups is 2. The fraction of sp³-hybridized carbons (Fsp3) is 0.440. The molecule has 1 N–H and O–H groups in total. The molecular formula is C25H30N2O4. The summed E-state index contributed by atoms with van der Waals surface area (Å²) in [7, 11) is 3.20. The highest BCUT2D eigenvalue weighted by molar-refractivity contribution is 5.94. The minimum atomic E-state index is -0.337. The third kappa shape index (κ3) is 3.99. The van der Waals surface area contributed by atoms with Crippen molar-refractivity contribution in [3.63, 3.8) is 0 Å². The van der Waals surface area contributed by atoms with E-state index < -0.39 is 0 Å². The van der Waals surface area contributed by atoms with E-state index in [1.165, 1.54) is 6.42 Å². The zero-order valence-electron chi connectivity index (χ0n) is 18.2. The molecule has 6 nitrogen and oxygen atoms in total. The lowest BCUT2D eigenvalue weighted by molar-refractivity contribution is -0.180. The maximum Gasteiger partial charge on any atom is 0.239 e. The minimum absolute atomic E-state index is 0.0291. The predicted octanol–water partition coefficient (Wildman–Crippen LogP) is 3.85. The van der Waals surface area contributed by atoms with Crippen molar-refractivity contribution < 1.29 is 19.1 Å². The number of benzene rings is 2. The topological polar surface area (TPSA) is 67.9 Å². The zero-order chi connectivity index (χ0) is 21.8. The van der Waals surface area contributed by atoms with Crippen molar-refractivity contribution in [3.05, 3.63) is 59.7 Å². The van der Waals surface area contributed by atoms with Crippen molar-refractivity contribution >= 4 is 11.8 Å². The smallest absolute Gasteiger partial charge is 0.239 e. The molecule has 1 aliphatic heterocycles. The number of rotatable bonds is 7. The van der Waals surface area contributed by atoms with Crippen LogP contribution in [0.4, 0.5) is 0 Å². The first-order valence-electron chi connectivity index (χ1n) is 10.9. The van der Waals surface area contributed by atoms with E-state index in [9.17, 15) is 9.59 Å². The monoisotopic (exact) mass is 422 g/mol. The van der Waals surface area contributed by atoms with Gasteiger partial charge in [-0.15, -0.1) is 0 Å². The van der Waals surface area contributed by atoms with Gasteiger partial charge in [0.15, 0.2) is 0 Å². The standard InChI is InChI=1S/C25H30N2O4/c1-30-20-11-12-21(31-2)19(15-20)16-26-22(28)17-27-23(18-9-5-3-6-10-18)25(24(27)29)13-7-4-8-14-25/h3,5-6,9-12,15,23H,4,7-8,13-14,16-17H2,1-2H3,(H,26,28). The third-order valence-electron chi connectivity index (χ3n) is 6.66. The average molecular weight is 423 g/mol. The first kappa shape index (κ1) is 21.2. The summed E-state index contributed by atoms with van der Waals surface area (Å²) in [6.45, 7) is 0.370. The van der Waals surface area contributed by atoms with E-state index in [0.717, 1.165) is 36.8 Å². The van der Waals surface area contributed by atoms with Crippen LogP contribution in [-0.4, -0.2) is 37.5 Å². The number of hydrogen-bond donors (Lipinski definition) is 1. The fourth-order valence-corrected chi connectivity index (χ4v) is 5.14. The van der Waals surface area contributed by atoms with Crippen LogP contribution >= 0.6 is 0 Å². The maximum atomic E-state index is 13.2. The van der Waals surface area contributed by atoms with Gasteiger partial charge in [-0.25, -0.2) is 0 Å². The van der Waals surface area contributed by atoms with Gasteiger partial charge in [0, 0.05) is 12.1 Å². The Morgan fingerprint density at radius 3 is 2.48 bits per heavy atom. The minimum Gasteiger partial charge on any atom is -0.497 e. The largest absolute Gasteiger partial charge is 0.497 e. The Kier molecular flexibility index (Phi) is 6.16. The van der Waals surface area contributed by atoms with Crippen LogP contribution in [0, 0.1) is 5.41 Å². The number of nitrogens with zero attached hydrogens (tertiary/aromatic N) is 1. The van der Waals surface area contributed by atoms with Gasteiger partial charge in [0.2, 0.25) is 11.8 Å². The van der Waals surface area contributed by atoms with Gasteiger partial charge in [-0.2, -0.15) is 0 Å². The van der Waals surface area contributed by atoms with Gasteiger partial charge in [-0.1, -0.05) is 49.6 Å². The van der Waals surface area contributed by atoms with Crippen LogP contribution in [-0.2, 0) is 16.1 Å². The van der Waals surface area contributed by atoms with Crippen molar-refractivity contribution in [2.24, 2.45) is 5.41 Å². The molecule has 2 aromatic carbocycles. The first-order valence-corrected chi connectivity index (χ1v) is 10.9. The molecule has 2 aromatic rings. The molecule has 164 valence electrons. The fourth-order valence-electron chi connectivity index (χ4n) is 5.14. The second kappa shape index (κ2) is 9.00. The van der Waals surface area contributed by atoms with Gasteiger partial charge in [0.25, 0.3) is 0 Å². The second-order valence-corrected chi connectivity index (χ2v) is 8.42. The molecule has 31 heavy (non-hydrogen) atoms. The van der Waals surface area contributed by atoms with Crippen LogP contribution in [0.1, 0.15) is 49.3 Å². The second-order valence-electron chi connectivity index (χ2n) is 8.42. The SMILES string of the molecule is COc1ccc(OC)c(CNC(=O)CN2C(=O)C3(CCCCC3)C2c2ccccc2)c1. The highest BCUT2D eigenvalue weighted by atomic mass is 16.5. The van der Waals surface area contributed by atoms with E-state index in [4.69, 9.17) is 9.47 Å². The number of β-lactam (4-membered cyclic amide) rings is 1. The zero-order valence-corrected chi connectivity index (χ0v) is 18.2. The van der Waals surface area contributed by atoms with Crippen LogP contribution in [0.15, 0.2) is 48.5 Å². The predicted molar refractivity (Wildman–Crippen MR) is 118 cm³/mol. The van der Waals surface area contributed by atoms with Crippen LogP contribution in [0.3, 0.4) is 0 Å². The molecule has 6 heteroatoms. The van der Waals surface area contributed by atoms with Gasteiger partial charge in [-0.05, 0) is 36.6 Å². The summed E-state index contributed by atoms with van der Waals surface area (Å²) in [5, 5.41) is 2.94. The van der Waals surface area contributed by atoms with Crippen LogP contribution in [0.2, 0.25) is 0 Å². The first-order chi connectivity index (χ1) is 15.1. The van der Waals surface area contributed by atoms with Crippen molar-refractivity contribution in [1.82, 2.24) is 10.2 Å². The maximum absolute atomic E-state index is 13.2. The molecule has 2 fully saturated rings. The third-order valence-corrected chi connectivity index (χ3v) is 6.66. The van der Waals surface area contributed by atoms with Gasteiger partial charge < -0.3 is 19.7 Å². The molecule has 1 atom stereocenters. The molecule has 1 spiro atoms. The lowest BCUT2D eigenvalue weighted by atomic mass is 9.60. The Morgan fingerprint density at radius 1 is 1.06 bits per heavy atom. The van der Waals surface area contributed by atoms with Crippen molar-refractivity contribution in [2.45, 2.75) is 44.7 Å². The van der Waals surface area contributed by atoms with Crippen LogP contribution in [0.5, 0.6) is 11.5 Å². The Bertz CT molecular complexity index is 938. The quantitative estimate of drug-likeness (QED) is 0.688. The number of likely N-dealkylation sites (tertiary alicyclic amines) is 1. The lowest BCUT2D eigenvalue weighted by Crippen LogP contribution is -2.65. The van der Waals surface area contributed by atoms with Gasteiger partial charge in [0.1, 0.15) is 18.0 Å². The van der Waals surface area contributed by atoms with Crippen molar-refractivity contribution in [3.8, 4) is 11.5 Å². The summed E-state index contributed by atoms with van der Waals surface area (Å²) in [6, 6.07) is 15.6. The molecule has 2 amide bonds. The number of hydrogen-bond acceptors (Lipinski definition) is 4. The van der Waals surface area contributed by atoms with Crippen molar-refractivity contribution in [1.29, 1.82) is 0 Å². The highest BCUT2D eigenvalue weighted by Gasteiger charge is 2.60. The number of ether oxygens (including phenoxy) is 2. The molecule has 1 saturated heterocycles. The van der Waals surface area contributed by atoms with E-state index in [1.807, 2.05) is 36.4 Å². The highest BCUT2D eigenvalue weighted by Crippen LogP contribution is 2.57. The number of nitrogens with one attached hydrogen (secondary N) is 1. The molecule has 1 saturated carbocycles. The molecule has 4 rings (SSSR count). The molecular weight excluding hydrogens is 392 g/mol. The van der Waals surface area contributed by atoms with Gasteiger partial charge >= 0.3 is 0 Å². The Balaban J connectivity index is 1.47. The molecule has 0 aromatic heterocycles. The Morgan fingerprint density at radius 2 is 1.81 bits per heavy atom. The summed E-state index contributed by atoms with van der Waals surface area (Å²) in [5.41, 5.74) is 1.61. The summed E-state index contributed by atoms with van der Waals surface area (Å²) in [5.74, 6) is 1.33. The van der Waals surface area contributed by atoms with E-state index >= 15 is 0 Å². The molecule has 1 heterocycles. The van der Waals surface area contributed by atoms with E-state index in [1.54, 1.807) is 19.1 Å². The summed E-state index contributed by atoms with van der Waals surface area (Å²) >= 11 is 0. The van der Waals surface area contributed by atoms with E-state index in [0.29, 0.717) is 18.0 Å². The van der Waals surface area contributed by atoms with Gasteiger partial charge in [0.05, 0.1) is 25.7 Å². The average Bonchev–Trinajstić information content (AvgIpc) is 2.83. The summed E-state index contributed by atoms with van der Waals surface area (Å²) in [6.07, 6.45) is 5.14. The van der Waals surface area contributed by atoms with E-state index in [-0.39, 0.29) is 29.8 Å². The Labute approximate surface area is 183 Å². The number of amides is 2. The molecule has 1 unspecified atom stereocenters. The lowest BCUT2D eigenvalue weighted by Gasteiger charge is -2.58. The molecule has 0 radical (unpaired) electrons. The van der Waals surface area contributed by atoms with Gasteiger partial charge in [-0.3, -0.25) is 9.59 Å².